The van der Waals surface area contributed by atoms with Crippen LogP contribution in [-0.2, 0) is 4.79 Å². The fourth-order valence-corrected chi connectivity index (χ4v) is 2.47. The third-order valence-corrected chi connectivity index (χ3v) is 3.91. The van der Waals surface area contributed by atoms with Gasteiger partial charge in [-0.05, 0) is 32.0 Å². The molecule has 2 unspecified atom stereocenters. The molecular weight excluding hydrogens is 262 g/mol. The summed E-state index contributed by atoms with van der Waals surface area (Å²) in [4.78, 5) is 14.3. The Morgan fingerprint density at radius 1 is 1.29 bits per heavy atom. The van der Waals surface area contributed by atoms with Gasteiger partial charge in [0.2, 0.25) is 5.91 Å². The highest BCUT2D eigenvalue weighted by Crippen LogP contribution is 2.22. The number of hydrogen-bond donors (Lipinski definition) is 2. The first-order chi connectivity index (χ1) is 9.72. The van der Waals surface area contributed by atoms with Crippen LogP contribution in [0.15, 0.2) is 30.3 Å². The maximum Gasteiger partial charge on any atom is 0.222 e. The molecule has 0 heterocycles. The number of rotatable bonds is 7. The maximum absolute atomic E-state index is 12.2. The van der Waals surface area contributed by atoms with Gasteiger partial charge in [0.25, 0.3) is 0 Å². The van der Waals surface area contributed by atoms with Crippen molar-refractivity contribution in [3.05, 3.63) is 35.9 Å². The Kier molecular flexibility index (Phi) is 6.37. The summed E-state index contributed by atoms with van der Waals surface area (Å²) < 4.78 is 0. The number of nitrogens with one attached hydrogen (secondary N) is 1. The highest BCUT2D eigenvalue weighted by Gasteiger charge is 2.28. The summed E-state index contributed by atoms with van der Waals surface area (Å²) in [5.41, 5.74) is 7.10. The first kappa shape index (κ1) is 17.7. The van der Waals surface area contributed by atoms with E-state index in [0.29, 0.717) is 6.42 Å². The Balaban J connectivity index is 2.53. The number of nitrogens with two attached hydrogens (primary N) is 1. The van der Waals surface area contributed by atoms with Gasteiger partial charge in [-0.1, -0.05) is 44.2 Å². The largest absolute Gasteiger partial charge is 0.353 e. The fourth-order valence-electron chi connectivity index (χ4n) is 2.47. The summed E-state index contributed by atoms with van der Waals surface area (Å²) in [5, 5.41) is 3.08. The van der Waals surface area contributed by atoms with Crippen LogP contribution in [0.2, 0.25) is 0 Å². The van der Waals surface area contributed by atoms with Gasteiger partial charge in [0.1, 0.15) is 0 Å². The van der Waals surface area contributed by atoms with E-state index in [-0.39, 0.29) is 23.4 Å². The minimum Gasteiger partial charge on any atom is -0.353 e. The van der Waals surface area contributed by atoms with E-state index >= 15 is 0 Å². The molecule has 0 aliphatic carbocycles. The van der Waals surface area contributed by atoms with Gasteiger partial charge >= 0.3 is 0 Å². The third kappa shape index (κ3) is 5.86. The van der Waals surface area contributed by atoms with Gasteiger partial charge in [0.15, 0.2) is 0 Å². The van der Waals surface area contributed by atoms with Crippen molar-refractivity contribution in [1.29, 1.82) is 0 Å². The third-order valence-electron chi connectivity index (χ3n) is 3.91. The molecule has 1 aromatic carbocycles. The summed E-state index contributed by atoms with van der Waals surface area (Å²) in [7, 11) is 4.09. The number of nitrogens with zero attached hydrogens (tertiary/aromatic N) is 1. The molecule has 4 heteroatoms. The van der Waals surface area contributed by atoms with E-state index < -0.39 is 0 Å². The van der Waals surface area contributed by atoms with E-state index in [0.717, 1.165) is 12.1 Å². The molecule has 0 spiro atoms. The van der Waals surface area contributed by atoms with Crippen molar-refractivity contribution < 1.29 is 4.79 Å². The molecule has 0 fully saturated rings. The molecule has 0 aromatic heterocycles. The van der Waals surface area contributed by atoms with E-state index in [1.54, 1.807) is 0 Å². The van der Waals surface area contributed by atoms with Crippen LogP contribution in [0, 0.1) is 5.41 Å². The Hall–Kier alpha value is -1.39. The highest BCUT2D eigenvalue weighted by molar-refractivity contribution is 5.77. The fraction of sp³-hybridized carbons (Fsp3) is 0.588. The molecule has 3 N–H and O–H groups in total. The lowest BCUT2D eigenvalue weighted by Gasteiger charge is -2.35. The molecule has 0 saturated carbocycles. The zero-order valence-electron chi connectivity index (χ0n) is 13.9. The van der Waals surface area contributed by atoms with Crippen LogP contribution in [0.5, 0.6) is 0 Å². The van der Waals surface area contributed by atoms with Crippen molar-refractivity contribution in [3.8, 4) is 0 Å². The molecule has 4 nitrogen and oxygen atoms in total. The maximum atomic E-state index is 12.2. The van der Waals surface area contributed by atoms with Gasteiger partial charge < -0.3 is 16.0 Å². The molecule has 2 atom stereocenters. The lowest BCUT2D eigenvalue weighted by molar-refractivity contribution is -0.122. The number of carbonyl (C=O) groups excluding carboxylic acids is 1. The van der Waals surface area contributed by atoms with Crippen LogP contribution in [0.25, 0.3) is 0 Å². The van der Waals surface area contributed by atoms with Crippen LogP contribution in [0.4, 0.5) is 0 Å². The number of carbonyl (C=O) groups is 1. The lowest BCUT2D eigenvalue weighted by Crippen LogP contribution is -2.47. The van der Waals surface area contributed by atoms with Gasteiger partial charge in [-0.15, -0.1) is 0 Å². The van der Waals surface area contributed by atoms with Crippen LogP contribution >= 0.6 is 0 Å². The zero-order valence-corrected chi connectivity index (χ0v) is 13.9. The second-order valence-electron chi connectivity index (χ2n) is 6.74. The van der Waals surface area contributed by atoms with E-state index in [1.807, 2.05) is 44.4 Å². The molecule has 1 amide bonds. The Bertz CT molecular complexity index is 443. The van der Waals surface area contributed by atoms with Gasteiger partial charge in [0.05, 0.1) is 0 Å². The Morgan fingerprint density at radius 3 is 2.38 bits per heavy atom. The normalized spacial score (nSPS) is 14.8. The van der Waals surface area contributed by atoms with Crippen molar-refractivity contribution >= 4 is 5.91 Å². The molecule has 0 radical (unpaired) electrons. The van der Waals surface area contributed by atoms with Gasteiger partial charge in [0, 0.05) is 25.0 Å². The van der Waals surface area contributed by atoms with Crippen molar-refractivity contribution in [1.82, 2.24) is 10.2 Å². The van der Waals surface area contributed by atoms with Crippen LogP contribution in [-0.4, -0.2) is 37.5 Å². The molecule has 1 rings (SSSR count). The minimum absolute atomic E-state index is 0.00526. The average molecular weight is 291 g/mol. The molecular formula is C17H29N3O. The van der Waals surface area contributed by atoms with Crippen molar-refractivity contribution in [3.63, 3.8) is 0 Å². The van der Waals surface area contributed by atoms with E-state index in [4.69, 9.17) is 5.73 Å². The van der Waals surface area contributed by atoms with Gasteiger partial charge in [-0.25, -0.2) is 0 Å². The average Bonchev–Trinajstić information content (AvgIpc) is 2.37. The SMILES string of the molecule is CC(NC(=O)CC(N)c1ccccc1)C(C)(C)CN(C)C. The Labute approximate surface area is 128 Å². The second-order valence-corrected chi connectivity index (χ2v) is 6.74. The monoisotopic (exact) mass is 291 g/mol. The molecule has 21 heavy (non-hydrogen) atoms. The second kappa shape index (κ2) is 7.57. The highest BCUT2D eigenvalue weighted by atomic mass is 16.1. The smallest absolute Gasteiger partial charge is 0.222 e. The molecule has 118 valence electrons. The molecule has 0 aliphatic rings. The summed E-state index contributed by atoms with van der Waals surface area (Å²) >= 11 is 0. The van der Waals surface area contributed by atoms with Gasteiger partial charge in [-0.3, -0.25) is 4.79 Å². The van der Waals surface area contributed by atoms with E-state index in [9.17, 15) is 4.79 Å². The summed E-state index contributed by atoms with van der Waals surface area (Å²) in [5.74, 6) is 0.00526. The number of benzene rings is 1. The lowest BCUT2D eigenvalue weighted by atomic mass is 9.84. The van der Waals surface area contributed by atoms with Crippen molar-refractivity contribution in [2.75, 3.05) is 20.6 Å². The van der Waals surface area contributed by atoms with Crippen LogP contribution < -0.4 is 11.1 Å². The van der Waals surface area contributed by atoms with Crippen molar-refractivity contribution in [2.45, 2.75) is 39.3 Å². The predicted molar refractivity (Wildman–Crippen MR) is 87.9 cm³/mol. The first-order valence-corrected chi connectivity index (χ1v) is 7.47. The Morgan fingerprint density at radius 2 is 1.86 bits per heavy atom. The molecule has 0 saturated heterocycles. The minimum atomic E-state index is -0.254. The molecule has 0 aliphatic heterocycles. The van der Waals surface area contributed by atoms with E-state index in [2.05, 4.69) is 31.0 Å². The topological polar surface area (TPSA) is 58.4 Å². The zero-order chi connectivity index (χ0) is 16.0. The van der Waals surface area contributed by atoms with Crippen LogP contribution in [0.1, 0.15) is 38.8 Å². The van der Waals surface area contributed by atoms with Crippen LogP contribution in [0.3, 0.4) is 0 Å². The quantitative estimate of drug-likeness (QED) is 0.809. The standard InChI is InChI=1S/C17H29N3O/c1-13(17(2,3)12-20(4)5)19-16(21)11-15(18)14-9-7-6-8-10-14/h6-10,13,15H,11-12,18H2,1-5H3,(H,19,21). The van der Waals surface area contributed by atoms with Crippen molar-refractivity contribution in [2.24, 2.45) is 11.1 Å². The van der Waals surface area contributed by atoms with E-state index in [1.165, 1.54) is 0 Å². The number of hydrogen-bond acceptors (Lipinski definition) is 3. The molecule has 0 bridgehead atoms. The first-order valence-electron chi connectivity index (χ1n) is 7.47. The predicted octanol–water partition coefficient (Wildman–Crippen LogP) is 2.17. The van der Waals surface area contributed by atoms with Gasteiger partial charge in [-0.2, -0.15) is 0 Å². The number of amides is 1. The molecule has 1 aromatic rings. The summed E-state index contributed by atoms with van der Waals surface area (Å²) in [6.45, 7) is 7.29. The summed E-state index contributed by atoms with van der Waals surface area (Å²) in [6.07, 6.45) is 0.312. The summed E-state index contributed by atoms with van der Waals surface area (Å²) in [6, 6.07) is 9.58.